The molecule has 0 aliphatic heterocycles. The Morgan fingerprint density at radius 3 is 3.40 bits per heavy atom. The first-order chi connectivity index (χ1) is 5.25. The first-order valence-electron chi connectivity index (χ1n) is 3.33. The van der Waals surface area contributed by atoms with Crippen molar-refractivity contribution >= 4 is 5.97 Å². The molecule has 0 spiro atoms. The van der Waals surface area contributed by atoms with Crippen LogP contribution >= 0.6 is 0 Å². The Kier molecular flexibility index (Phi) is 1.64. The molecule has 1 aromatic heterocycles. The van der Waals surface area contributed by atoms with E-state index in [1.807, 2.05) is 0 Å². The molecule has 1 rings (SSSR count). The van der Waals surface area contributed by atoms with Crippen molar-refractivity contribution in [1.29, 1.82) is 0 Å². The van der Waals surface area contributed by atoms with Crippen molar-refractivity contribution in [3.05, 3.63) is 18.3 Å². The number of rotatable bonds is 2. The predicted molar refractivity (Wildman–Crippen MR) is 32.5 cm³/mol. The van der Waals surface area contributed by atoms with Crippen LogP contribution in [0.25, 0.3) is 0 Å². The Bertz CT molecular complexity index is 258. The first kappa shape index (κ1) is 5.46. The zero-order valence-corrected chi connectivity index (χ0v) is 5.46. The molecule has 0 radical (unpaired) electrons. The van der Waals surface area contributed by atoms with Crippen molar-refractivity contribution in [3.63, 3.8) is 0 Å². The molecule has 4 heteroatoms. The van der Waals surface area contributed by atoms with Gasteiger partial charge in [-0.3, -0.25) is 0 Å². The summed E-state index contributed by atoms with van der Waals surface area (Å²) < 4.78 is 16.1. The quantitative estimate of drug-likeness (QED) is 0.574. The molecule has 0 aliphatic carbocycles. The minimum atomic E-state index is -0.619. The van der Waals surface area contributed by atoms with Gasteiger partial charge < -0.3 is 9.15 Å². The van der Waals surface area contributed by atoms with Gasteiger partial charge in [0.1, 0.15) is 7.61 Å². The largest absolute Gasteiger partial charge is 0.461 e. The van der Waals surface area contributed by atoms with Gasteiger partial charge in [0, 0.05) is 0 Å². The maximum atomic E-state index is 10.9. The molecule has 0 saturated heterocycles. The van der Waals surface area contributed by atoms with Crippen molar-refractivity contribution in [1.82, 2.24) is 4.98 Å². The van der Waals surface area contributed by atoms with Crippen LogP contribution in [0.4, 0.5) is 0 Å². The summed E-state index contributed by atoms with van der Waals surface area (Å²) in [5.74, 6) is -0.619. The van der Waals surface area contributed by atoms with Crippen molar-refractivity contribution in [3.8, 4) is 0 Å². The number of hydrogen-bond acceptors (Lipinski definition) is 4. The minimum absolute atomic E-state index is 0.0770. The fourth-order valence-electron chi connectivity index (χ4n) is 0.481. The Hall–Kier alpha value is -1.32. The molecule has 0 atom stereocenters. The second-order valence-electron chi connectivity index (χ2n) is 1.52. The van der Waals surface area contributed by atoms with E-state index < -0.39 is 5.97 Å². The highest BCUT2D eigenvalue weighted by atomic mass is 16.5. The number of aromatic nitrogens is 1. The third kappa shape index (κ3) is 1.34. The summed E-state index contributed by atoms with van der Waals surface area (Å²) in [5.41, 5.74) is -0.0770. The van der Waals surface area contributed by atoms with Crippen LogP contribution in [-0.4, -0.2) is 17.6 Å². The van der Waals surface area contributed by atoms with Gasteiger partial charge in [-0.25, -0.2) is 9.78 Å². The normalized spacial score (nSPS) is 10.7. The van der Waals surface area contributed by atoms with E-state index in [9.17, 15) is 4.79 Å². The predicted octanol–water partition coefficient (Wildman–Crippen LogP) is 0.851. The Morgan fingerprint density at radius 2 is 2.90 bits per heavy atom. The lowest BCUT2D eigenvalue weighted by atomic mass is 10.5. The molecule has 54 valence electrons. The third-order valence-electron chi connectivity index (χ3n) is 0.859. The first-order valence-corrected chi connectivity index (χ1v) is 2.83. The lowest BCUT2D eigenvalue weighted by molar-refractivity contribution is 0.0519. The fourth-order valence-corrected chi connectivity index (χ4v) is 0.481. The maximum Gasteiger partial charge on any atom is 0.360 e. The Balaban J connectivity index is 2.76. The van der Waals surface area contributed by atoms with Gasteiger partial charge in [0.2, 0.25) is 0 Å². The molecule has 0 aromatic carbocycles. The number of hydrogen-bond donors (Lipinski definition) is 0. The van der Waals surface area contributed by atoms with Gasteiger partial charge in [-0.2, -0.15) is 0 Å². The summed E-state index contributed by atoms with van der Waals surface area (Å²) in [4.78, 5) is 14.4. The van der Waals surface area contributed by atoms with Gasteiger partial charge >= 0.3 is 5.97 Å². The van der Waals surface area contributed by atoms with Gasteiger partial charge in [0.15, 0.2) is 12.1 Å². The summed E-state index contributed by atoms with van der Waals surface area (Å²) in [6.45, 7) is 1.95. The second-order valence-corrected chi connectivity index (χ2v) is 1.52. The Morgan fingerprint density at radius 1 is 2.10 bits per heavy atom. The zero-order chi connectivity index (χ0) is 8.27. The van der Waals surface area contributed by atoms with E-state index >= 15 is 0 Å². The van der Waals surface area contributed by atoms with E-state index in [1.165, 1.54) is 0 Å². The number of nitrogens with zero attached hydrogens (tertiary/aromatic N) is 1. The average molecular weight is 142 g/mol. The van der Waals surface area contributed by atoms with Crippen LogP contribution in [0.3, 0.4) is 0 Å². The molecule has 0 amide bonds. The minimum Gasteiger partial charge on any atom is -0.461 e. The summed E-state index contributed by atoms with van der Waals surface area (Å²) in [6.07, 6.45) is 0.776. The number of carbonyl (C=O) groups excluding carboxylic acids is 1. The molecule has 1 heterocycles. The number of ether oxygens (including phenoxy) is 1. The fraction of sp³-hybridized carbons (Fsp3) is 0.333. The van der Waals surface area contributed by atoms with Gasteiger partial charge in [0.25, 0.3) is 0 Å². The van der Waals surface area contributed by atoms with Gasteiger partial charge in [-0.05, 0) is 6.92 Å². The molecule has 0 unspecified atom stereocenters. The third-order valence-corrected chi connectivity index (χ3v) is 0.859. The molecule has 0 aliphatic rings. The molecule has 1 aromatic rings. The van der Waals surface area contributed by atoms with Crippen LogP contribution in [0.2, 0.25) is 0 Å². The summed E-state index contributed by atoms with van der Waals surface area (Å²) in [5, 5.41) is 0. The van der Waals surface area contributed by atoms with Gasteiger partial charge in [0.05, 0.1) is 6.61 Å². The highest BCUT2D eigenvalue weighted by Crippen LogP contribution is 1.96. The summed E-state index contributed by atoms with van der Waals surface area (Å²) in [7, 11) is 0. The van der Waals surface area contributed by atoms with E-state index in [0.29, 0.717) is 0 Å². The van der Waals surface area contributed by atoms with E-state index in [4.69, 9.17) is 1.37 Å². The SMILES string of the molecule is [2H]c1ocnc1C(=O)OCC. The van der Waals surface area contributed by atoms with Crippen molar-refractivity contribution in [2.24, 2.45) is 0 Å². The topological polar surface area (TPSA) is 52.3 Å². The van der Waals surface area contributed by atoms with Crippen LogP contribution in [0.1, 0.15) is 18.8 Å². The molecule has 0 saturated carbocycles. The Labute approximate surface area is 59.2 Å². The number of oxazole rings is 1. The van der Waals surface area contributed by atoms with Gasteiger partial charge in [-0.1, -0.05) is 0 Å². The van der Waals surface area contributed by atoms with Crippen molar-refractivity contribution in [2.75, 3.05) is 6.61 Å². The summed E-state index contributed by atoms with van der Waals surface area (Å²) >= 11 is 0. The second kappa shape index (κ2) is 3.00. The molecule has 0 bridgehead atoms. The van der Waals surface area contributed by atoms with E-state index in [-0.39, 0.29) is 18.5 Å². The molecular formula is C6H7NO3. The standard InChI is InChI=1S/C6H7NO3/c1-2-10-6(8)5-3-9-4-7-5/h3-4H,2H2,1H3/i3D. The van der Waals surface area contributed by atoms with Crippen LogP contribution < -0.4 is 0 Å². The van der Waals surface area contributed by atoms with Crippen LogP contribution in [0, 0.1) is 0 Å². The zero-order valence-electron chi connectivity index (χ0n) is 6.46. The lowest BCUT2D eigenvalue weighted by Crippen LogP contribution is -2.04. The van der Waals surface area contributed by atoms with E-state index in [1.54, 1.807) is 6.92 Å². The highest BCUT2D eigenvalue weighted by molar-refractivity contribution is 5.86. The van der Waals surface area contributed by atoms with Crippen molar-refractivity contribution < 1.29 is 15.3 Å². The number of esters is 1. The van der Waals surface area contributed by atoms with Gasteiger partial charge in [-0.15, -0.1) is 0 Å². The molecule has 0 fully saturated rings. The maximum absolute atomic E-state index is 10.9. The summed E-state index contributed by atoms with van der Waals surface area (Å²) in [6, 6.07) is 0. The average Bonchev–Trinajstić information content (AvgIpc) is 2.36. The lowest BCUT2D eigenvalue weighted by Gasteiger charge is -1.94. The smallest absolute Gasteiger partial charge is 0.360 e. The number of carbonyl (C=O) groups is 1. The van der Waals surface area contributed by atoms with E-state index in [0.717, 1.165) is 6.39 Å². The van der Waals surface area contributed by atoms with E-state index in [2.05, 4.69) is 14.1 Å². The van der Waals surface area contributed by atoms with Crippen LogP contribution in [-0.2, 0) is 4.74 Å². The highest BCUT2D eigenvalue weighted by Gasteiger charge is 2.07. The van der Waals surface area contributed by atoms with Crippen molar-refractivity contribution in [2.45, 2.75) is 6.92 Å². The van der Waals surface area contributed by atoms with Crippen LogP contribution in [0.5, 0.6) is 0 Å². The monoisotopic (exact) mass is 142 g/mol. The molecular weight excluding hydrogens is 134 g/mol. The molecule has 0 N–H and O–H groups in total. The molecule has 4 nitrogen and oxygen atoms in total. The molecule has 10 heavy (non-hydrogen) atoms. The van der Waals surface area contributed by atoms with Crippen LogP contribution in [0.15, 0.2) is 17.1 Å².